The fourth-order valence-corrected chi connectivity index (χ4v) is 3.22. The Balaban J connectivity index is 1.35. The smallest absolute Gasteiger partial charge is 0.241 e. The number of carbonyl (C=O) groups excluding carboxylic acids is 1. The van der Waals surface area contributed by atoms with Crippen LogP contribution < -0.4 is 5.32 Å². The average Bonchev–Trinajstić information content (AvgIpc) is 3.35. The number of nitrogens with zero attached hydrogens (tertiary/aromatic N) is 4. The van der Waals surface area contributed by atoms with E-state index in [-0.39, 0.29) is 11.8 Å². The minimum absolute atomic E-state index is 0.0451. The van der Waals surface area contributed by atoms with Crippen molar-refractivity contribution in [2.75, 3.05) is 18.4 Å². The zero-order valence-electron chi connectivity index (χ0n) is 14.5. The Labute approximate surface area is 160 Å². The van der Waals surface area contributed by atoms with E-state index in [1.165, 1.54) is 6.20 Å². The zero-order chi connectivity index (χ0) is 18.6. The molecule has 3 aromatic rings. The fraction of sp³-hybridized carbons (Fsp3) is 0.333. The molecule has 1 fully saturated rings. The third-order valence-electron chi connectivity index (χ3n) is 4.42. The predicted molar refractivity (Wildman–Crippen MR) is 97.9 cm³/mol. The molecular weight excluding hydrogens is 370 g/mol. The number of aromatic nitrogens is 3. The summed E-state index contributed by atoms with van der Waals surface area (Å²) < 4.78 is 10.6. The van der Waals surface area contributed by atoms with Gasteiger partial charge < -0.3 is 14.3 Å². The molecule has 1 amide bonds. The van der Waals surface area contributed by atoms with Crippen molar-refractivity contribution in [2.45, 2.75) is 19.4 Å². The maximum atomic E-state index is 12.5. The predicted octanol–water partition coefficient (Wildman–Crippen LogP) is 3.23. The molecule has 8 nitrogen and oxygen atoms in total. The summed E-state index contributed by atoms with van der Waals surface area (Å²) in [7, 11) is 0. The number of furan rings is 1. The summed E-state index contributed by atoms with van der Waals surface area (Å²) in [4.78, 5) is 23.1. The van der Waals surface area contributed by atoms with E-state index in [0.717, 1.165) is 19.4 Å². The van der Waals surface area contributed by atoms with Gasteiger partial charge in [-0.05, 0) is 43.7 Å². The van der Waals surface area contributed by atoms with Crippen LogP contribution in [0.1, 0.15) is 18.7 Å². The highest BCUT2D eigenvalue weighted by molar-refractivity contribution is 6.30. The van der Waals surface area contributed by atoms with Crippen LogP contribution in [-0.4, -0.2) is 39.0 Å². The summed E-state index contributed by atoms with van der Waals surface area (Å²) in [6.45, 7) is 2.00. The molecule has 27 heavy (non-hydrogen) atoms. The number of pyridine rings is 1. The van der Waals surface area contributed by atoms with E-state index in [1.54, 1.807) is 30.5 Å². The maximum absolute atomic E-state index is 12.5. The number of nitrogens with one attached hydrogen (secondary N) is 1. The number of hydrogen-bond donors (Lipinski definition) is 1. The van der Waals surface area contributed by atoms with E-state index in [1.807, 2.05) is 0 Å². The number of hydrogen-bond acceptors (Lipinski definition) is 7. The van der Waals surface area contributed by atoms with E-state index in [2.05, 4.69) is 25.3 Å². The van der Waals surface area contributed by atoms with Crippen molar-refractivity contribution in [3.05, 3.63) is 47.6 Å². The third-order valence-corrected chi connectivity index (χ3v) is 4.65. The molecule has 9 heteroatoms. The molecule has 0 aliphatic carbocycles. The van der Waals surface area contributed by atoms with Crippen molar-refractivity contribution >= 4 is 23.3 Å². The van der Waals surface area contributed by atoms with Crippen LogP contribution in [-0.2, 0) is 11.3 Å². The topological polar surface area (TPSA) is 97.3 Å². The minimum atomic E-state index is -0.122. The van der Waals surface area contributed by atoms with Crippen LogP contribution in [0.5, 0.6) is 0 Å². The molecule has 0 spiro atoms. The molecule has 4 heterocycles. The van der Waals surface area contributed by atoms with Gasteiger partial charge in [0.25, 0.3) is 0 Å². The van der Waals surface area contributed by atoms with Gasteiger partial charge in [0.05, 0.1) is 23.7 Å². The zero-order valence-corrected chi connectivity index (χ0v) is 15.2. The SMILES string of the molecule is O=C(Nc1ccc(Cl)cn1)C1CCCN(Cc2nc(-c3ccco3)no2)C1. The van der Waals surface area contributed by atoms with Gasteiger partial charge in [-0.3, -0.25) is 9.69 Å². The molecule has 3 aromatic heterocycles. The van der Waals surface area contributed by atoms with Gasteiger partial charge in [0.15, 0.2) is 5.76 Å². The molecule has 0 bridgehead atoms. The van der Waals surface area contributed by atoms with Crippen LogP contribution in [0, 0.1) is 5.92 Å². The number of halogens is 1. The first-order valence-electron chi connectivity index (χ1n) is 8.68. The summed E-state index contributed by atoms with van der Waals surface area (Å²) in [5, 5.41) is 7.32. The lowest BCUT2D eigenvalue weighted by atomic mass is 9.97. The monoisotopic (exact) mass is 387 g/mol. The summed E-state index contributed by atoms with van der Waals surface area (Å²) in [5.41, 5.74) is 0. The molecule has 1 atom stereocenters. The quantitative estimate of drug-likeness (QED) is 0.717. The van der Waals surface area contributed by atoms with E-state index in [4.69, 9.17) is 20.5 Å². The van der Waals surface area contributed by atoms with Gasteiger partial charge >= 0.3 is 0 Å². The Morgan fingerprint density at radius 3 is 3.07 bits per heavy atom. The molecule has 0 radical (unpaired) electrons. The number of likely N-dealkylation sites (tertiary alicyclic amines) is 1. The van der Waals surface area contributed by atoms with Crippen molar-refractivity contribution < 1.29 is 13.7 Å². The standard InChI is InChI=1S/C18H18ClN5O3/c19-13-5-6-15(20-9-13)21-18(25)12-3-1-7-24(10-12)11-16-22-17(23-27-16)14-4-2-8-26-14/h2,4-6,8-9,12H,1,3,7,10-11H2,(H,20,21,25). The molecule has 0 aromatic carbocycles. The Bertz CT molecular complexity index is 894. The summed E-state index contributed by atoms with van der Waals surface area (Å²) in [5.74, 6) is 1.83. The first-order chi connectivity index (χ1) is 13.2. The number of piperidine rings is 1. The average molecular weight is 388 g/mol. The minimum Gasteiger partial charge on any atom is -0.461 e. The normalized spacial score (nSPS) is 17.7. The Morgan fingerprint density at radius 1 is 1.37 bits per heavy atom. The number of amides is 1. The summed E-state index contributed by atoms with van der Waals surface area (Å²) >= 11 is 5.82. The molecular formula is C18H18ClN5O3. The molecule has 1 N–H and O–H groups in total. The number of anilines is 1. The fourth-order valence-electron chi connectivity index (χ4n) is 3.11. The van der Waals surface area contributed by atoms with E-state index < -0.39 is 0 Å². The van der Waals surface area contributed by atoms with Gasteiger partial charge in [0, 0.05) is 12.7 Å². The van der Waals surface area contributed by atoms with E-state index >= 15 is 0 Å². The highest BCUT2D eigenvalue weighted by Crippen LogP contribution is 2.21. The molecule has 1 unspecified atom stereocenters. The molecule has 4 rings (SSSR count). The van der Waals surface area contributed by atoms with Crippen molar-refractivity contribution in [1.82, 2.24) is 20.0 Å². The molecule has 1 aliphatic rings. The second-order valence-electron chi connectivity index (χ2n) is 6.41. The van der Waals surface area contributed by atoms with Crippen LogP contribution in [0.2, 0.25) is 5.02 Å². The lowest BCUT2D eigenvalue weighted by Gasteiger charge is -2.30. The lowest BCUT2D eigenvalue weighted by Crippen LogP contribution is -2.40. The second-order valence-corrected chi connectivity index (χ2v) is 6.85. The van der Waals surface area contributed by atoms with Crippen LogP contribution in [0.3, 0.4) is 0 Å². The van der Waals surface area contributed by atoms with E-state index in [9.17, 15) is 4.79 Å². The number of rotatable bonds is 5. The van der Waals surface area contributed by atoms with Crippen molar-refractivity contribution in [1.29, 1.82) is 0 Å². The Hall–Kier alpha value is -2.71. The van der Waals surface area contributed by atoms with Gasteiger partial charge in [-0.15, -0.1) is 0 Å². The van der Waals surface area contributed by atoms with Crippen molar-refractivity contribution in [3.63, 3.8) is 0 Å². The summed E-state index contributed by atoms with van der Waals surface area (Å²) in [6.07, 6.45) is 4.83. The van der Waals surface area contributed by atoms with Crippen LogP contribution >= 0.6 is 11.6 Å². The van der Waals surface area contributed by atoms with Crippen LogP contribution in [0.15, 0.2) is 45.7 Å². The van der Waals surface area contributed by atoms with Gasteiger partial charge in [0.2, 0.25) is 17.6 Å². The maximum Gasteiger partial charge on any atom is 0.241 e. The van der Waals surface area contributed by atoms with Crippen molar-refractivity contribution in [2.24, 2.45) is 5.92 Å². The largest absolute Gasteiger partial charge is 0.461 e. The van der Waals surface area contributed by atoms with Crippen molar-refractivity contribution in [3.8, 4) is 11.6 Å². The summed E-state index contributed by atoms with van der Waals surface area (Å²) in [6, 6.07) is 6.94. The molecule has 1 aliphatic heterocycles. The van der Waals surface area contributed by atoms with Gasteiger partial charge in [-0.2, -0.15) is 4.98 Å². The Kier molecular flexibility index (Phi) is 5.17. The van der Waals surface area contributed by atoms with Gasteiger partial charge in [-0.1, -0.05) is 16.8 Å². The highest BCUT2D eigenvalue weighted by atomic mass is 35.5. The first kappa shape index (κ1) is 17.7. The molecule has 0 saturated carbocycles. The van der Waals surface area contributed by atoms with Crippen LogP contribution in [0.25, 0.3) is 11.6 Å². The molecule has 1 saturated heterocycles. The van der Waals surface area contributed by atoms with Gasteiger partial charge in [-0.25, -0.2) is 4.98 Å². The highest BCUT2D eigenvalue weighted by Gasteiger charge is 2.27. The van der Waals surface area contributed by atoms with Gasteiger partial charge in [0.1, 0.15) is 5.82 Å². The Morgan fingerprint density at radius 2 is 2.30 bits per heavy atom. The number of carbonyl (C=O) groups is 1. The third kappa shape index (κ3) is 4.35. The van der Waals surface area contributed by atoms with E-state index in [0.29, 0.717) is 41.4 Å². The lowest BCUT2D eigenvalue weighted by molar-refractivity contribution is -0.121. The van der Waals surface area contributed by atoms with Crippen LogP contribution in [0.4, 0.5) is 5.82 Å². The molecule has 140 valence electrons. The second kappa shape index (κ2) is 7.89. The first-order valence-corrected chi connectivity index (χ1v) is 9.06.